The van der Waals surface area contributed by atoms with Crippen molar-refractivity contribution in [3.8, 4) is 0 Å². The van der Waals surface area contributed by atoms with Crippen LogP contribution in [0.1, 0.15) is 43.2 Å². The monoisotopic (exact) mass is 300 g/mol. The lowest BCUT2D eigenvalue weighted by molar-refractivity contribution is -0.122. The standard InChI is InChI=1S/C19H28N2O/c1-21(2)13-17-6-4-3-5-16(17)12-20-19(22)11-18-10-14-7-8-15(18)9-14/h3-6,14-15,18H,7-13H2,1-2H3,(H,20,22)/t14-,15-,18-/m0/s1. The molecule has 2 fully saturated rings. The number of carbonyl (C=O) groups excluding carboxylic acids is 1. The van der Waals surface area contributed by atoms with Crippen LogP contribution in [0.25, 0.3) is 0 Å². The molecule has 0 saturated heterocycles. The molecule has 2 saturated carbocycles. The smallest absolute Gasteiger partial charge is 0.220 e. The van der Waals surface area contributed by atoms with Gasteiger partial charge in [-0.1, -0.05) is 30.7 Å². The molecule has 0 spiro atoms. The van der Waals surface area contributed by atoms with Crippen molar-refractivity contribution in [3.63, 3.8) is 0 Å². The fourth-order valence-corrected chi connectivity index (χ4v) is 4.36. The van der Waals surface area contributed by atoms with E-state index in [9.17, 15) is 4.79 Å². The predicted molar refractivity (Wildman–Crippen MR) is 89.2 cm³/mol. The summed E-state index contributed by atoms with van der Waals surface area (Å²) in [6.07, 6.45) is 6.16. The van der Waals surface area contributed by atoms with Crippen LogP contribution in [0.4, 0.5) is 0 Å². The second-order valence-electron chi connectivity index (χ2n) is 7.42. The average Bonchev–Trinajstić information content (AvgIpc) is 3.08. The van der Waals surface area contributed by atoms with Gasteiger partial charge in [0, 0.05) is 19.5 Å². The highest BCUT2D eigenvalue weighted by atomic mass is 16.1. The van der Waals surface area contributed by atoms with Crippen LogP contribution in [0.2, 0.25) is 0 Å². The van der Waals surface area contributed by atoms with E-state index in [4.69, 9.17) is 0 Å². The lowest BCUT2D eigenvalue weighted by Gasteiger charge is -2.21. The summed E-state index contributed by atoms with van der Waals surface area (Å²) >= 11 is 0. The molecule has 0 radical (unpaired) electrons. The summed E-state index contributed by atoms with van der Waals surface area (Å²) in [5.41, 5.74) is 2.53. The summed E-state index contributed by atoms with van der Waals surface area (Å²) in [6, 6.07) is 8.39. The highest BCUT2D eigenvalue weighted by molar-refractivity contribution is 5.76. The Balaban J connectivity index is 1.51. The number of hydrogen-bond donors (Lipinski definition) is 1. The highest BCUT2D eigenvalue weighted by Gasteiger charge is 2.39. The highest BCUT2D eigenvalue weighted by Crippen LogP contribution is 2.49. The van der Waals surface area contributed by atoms with Gasteiger partial charge in [-0.15, -0.1) is 0 Å². The SMILES string of the molecule is CN(C)Cc1ccccc1CNC(=O)C[C@@H]1C[C@H]2CC[C@H]1C2. The second kappa shape index (κ2) is 6.82. The minimum atomic E-state index is 0.234. The normalized spacial score (nSPS) is 26.6. The molecule has 1 aromatic rings. The van der Waals surface area contributed by atoms with Gasteiger partial charge in [0.15, 0.2) is 0 Å². The van der Waals surface area contributed by atoms with Crippen molar-refractivity contribution >= 4 is 5.91 Å². The molecule has 1 aromatic carbocycles. The first-order valence-corrected chi connectivity index (χ1v) is 8.60. The third-order valence-corrected chi connectivity index (χ3v) is 5.41. The zero-order chi connectivity index (χ0) is 15.5. The number of rotatable bonds is 6. The van der Waals surface area contributed by atoms with E-state index >= 15 is 0 Å². The van der Waals surface area contributed by atoms with Gasteiger partial charge in [-0.3, -0.25) is 4.79 Å². The van der Waals surface area contributed by atoms with E-state index in [0.717, 1.165) is 24.8 Å². The molecule has 0 aromatic heterocycles. The Kier molecular flexibility index (Phi) is 4.82. The fourth-order valence-electron chi connectivity index (χ4n) is 4.36. The zero-order valence-electron chi connectivity index (χ0n) is 13.8. The molecular formula is C19H28N2O. The van der Waals surface area contributed by atoms with Gasteiger partial charge in [-0.05, 0) is 62.2 Å². The summed E-state index contributed by atoms with van der Waals surface area (Å²) < 4.78 is 0. The second-order valence-corrected chi connectivity index (χ2v) is 7.42. The van der Waals surface area contributed by atoms with E-state index in [2.05, 4.69) is 48.6 Å². The van der Waals surface area contributed by atoms with Crippen molar-refractivity contribution in [2.75, 3.05) is 14.1 Å². The van der Waals surface area contributed by atoms with E-state index < -0.39 is 0 Å². The van der Waals surface area contributed by atoms with Crippen LogP contribution in [0.15, 0.2) is 24.3 Å². The number of amides is 1. The molecule has 22 heavy (non-hydrogen) atoms. The topological polar surface area (TPSA) is 32.3 Å². The molecule has 3 rings (SSSR count). The van der Waals surface area contributed by atoms with Gasteiger partial charge in [0.2, 0.25) is 5.91 Å². The maximum atomic E-state index is 12.3. The van der Waals surface area contributed by atoms with Gasteiger partial charge in [0.05, 0.1) is 0 Å². The van der Waals surface area contributed by atoms with Gasteiger partial charge in [-0.25, -0.2) is 0 Å². The first-order chi connectivity index (χ1) is 10.6. The minimum Gasteiger partial charge on any atom is -0.352 e. The van der Waals surface area contributed by atoms with E-state index in [1.807, 2.05) is 0 Å². The van der Waals surface area contributed by atoms with Crippen LogP contribution in [-0.4, -0.2) is 24.9 Å². The largest absolute Gasteiger partial charge is 0.352 e. The lowest BCUT2D eigenvalue weighted by atomic mass is 9.86. The molecule has 3 heteroatoms. The Bertz CT molecular complexity index is 526. The van der Waals surface area contributed by atoms with Crippen molar-refractivity contribution in [2.45, 2.75) is 45.2 Å². The molecule has 0 aliphatic heterocycles. The molecule has 0 heterocycles. The van der Waals surface area contributed by atoms with Crippen LogP contribution in [0.3, 0.4) is 0 Å². The van der Waals surface area contributed by atoms with Gasteiger partial charge in [0.1, 0.15) is 0 Å². The Hall–Kier alpha value is -1.35. The number of hydrogen-bond acceptors (Lipinski definition) is 2. The summed E-state index contributed by atoms with van der Waals surface area (Å²) in [5.74, 6) is 2.63. The molecule has 0 unspecified atom stereocenters. The van der Waals surface area contributed by atoms with E-state index in [1.165, 1.54) is 36.8 Å². The number of benzene rings is 1. The quantitative estimate of drug-likeness (QED) is 0.875. The van der Waals surface area contributed by atoms with Crippen LogP contribution in [0, 0.1) is 17.8 Å². The van der Waals surface area contributed by atoms with E-state index in [0.29, 0.717) is 12.5 Å². The molecule has 2 aliphatic carbocycles. The summed E-state index contributed by atoms with van der Waals surface area (Å²) in [4.78, 5) is 14.4. The molecule has 120 valence electrons. The zero-order valence-corrected chi connectivity index (χ0v) is 13.8. The van der Waals surface area contributed by atoms with Crippen LogP contribution in [0.5, 0.6) is 0 Å². The Morgan fingerprint density at radius 3 is 2.59 bits per heavy atom. The van der Waals surface area contributed by atoms with Gasteiger partial charge in [-0.2, -0.15) is 0 Å². The van der Waals surface area contributed by atoms with Crippen molar-refractivity contribution in [1.29, 1.82) is 0 Å². The molecule has 1 amide bonds. The Labute approximate surface area is 134 Å². The average molecular weight is 300 g/mol. The first-order valence-electron chi connectivity index (χ1n) is 8.60. The van der Waals surface area contributed by atoms with Gasteiger partial charge in [0.25, 0.3) is 0 Å². The molecule has 3 atom stereocenters. The molecule has 2 bridgehead atoms. The maximum absolute atomic E-state index is 12.3. The lowest BCUT2D eigenvalue weighted by Crippen LogP contribution is -2.27. The van der Waals surface area contributed by atoms with Crippen molar-refractivity contribution < 1.29 is 4.79 Å². The number of fused-ring (bicyclic) bond motifs is 2. The molecular weight excluding hydrogens is 272 g/mol. The van der Waals surface area contributed by atoms with E-state index in [-0.39, 0.29) is 5.91 Å². The number of carbonyl (C=O) groups is 1. The van der Waals surface area contributed by atoms with Gasteiger partial charge < -0.3 is 10.2 Å². The van der Waals surface area contributed by atoms with Crippen molar-refractivity contribution in [3.05, 3.63) is 35.4 Å². The van der Waals surface area contributed by atoms with Crippen LogP contribution in [-0.2, 0) is 17.9 Å². The summed E-state index contributed by atoms with van der Waals surface area (Å²) in [7, 11) is 4.15. The van der Waals surface area contributed by atoms with Crippen molar-refractivity contribution in [2.24, 2.45) is 17.8 Å². The van der Waals surface area contributed by atoms with Crippen LogP contribution >= 0.6 is 0 Å². The molecule has 2 aliphatic rings. The van der Waals surface area contributed by atoms with Crippen molar-refractivity contribution in [1.82, 2.24) is 10.2 Å². The Morgan fingerprint density at radius 1 is 1.18 bits per heavy atom. The van der Waals surface area contributed by atoms with Crippen LogP contribution < -0.4 is 5.32 Å². The van der Waals surface area contributed by atoms with E-state index in [1.54, 1.807) is 0 Å². The third kappa shape index (κ3) is 3.70. The number of nitrogens with one attached hydrogen (secondary N) is 1. The summed E-state index contributed by atoms with van der Waals surface area (Å²) in [5, 5.41) is 3.14. The number of nitrogens with zero attached hydrogens (tertiary/aromatic N) is 1. The first kappa shape index (κ1) is 15.5. The molecule has 1 N–H and O–H groups in total. The third-order valence-electron chi connectivity index (χ3n) is 5.41. The molecule has 3 nitrogen and oxygen atoms in total. The predicted octanol–water partition coefficient (Wildman–Crippen LogP) is 3.19. The maximum Gasteiger partial charge on any atom is 0.220 e. The summed E-state index contributed by atoms with van der Waals surface area (Å²) in [6.45, 7) is 1.57. The fraction of sp³-hybridized carbons (Fsp3) is 0.632. The minimum absolute atomic E-state index is 0.234. The van der Waals surface area contributed by atoms with Gasteiger partial charge >= 0.3 is 0 Å². The Morgan fingerprint density at radius 2 is 1.95 bits per heavy atom.